The molecule has 1 unspecified atom stereocenters. The lowest BCUT2D eigenvalue weighted by Crippen LogP contribution is -2.30. The minimum absolute atomic E-state index is 0.0659. The Morgan fingerprint density at radius 1 is 1.21 bits per heavy atom. The molecule has 2 aromatic carbocycles. The summed E-state index contributed by atoms with van der Waals surface area (Å²) in [5.41, 5.74) is 6.92. The number of benzene rings is 2. The molecular weight excluding hydrogens is 450 g/mol. The minimum atomic E-state index is -1.10. The Labute approximate surface area is 191 Å². The second-order valence-electron chi connectivity index (χ2n) is 6.80. The highest BCUT2D eigenvalue weighted by Crippen LogP contribution is 2.27. The zero-order valence-electron chi connectivity index (χ0n) is 17.3. The number of nitrogens with two attached hydrogens (primary N) is 1. The number of nitrogens with zero attached hydrogens (tertiary/aromatic N) is 2. The number of non-ortho nitro benzene ring substituents is 1. The van der Waals surface area contributed by atoms with E-state index in [0.29, 0.717) is 11.3 Å². The summed E-state index contributed by atoms with van der Waals surface area (Å²) >= 11 is 1.14. The molecule has 12 heteroatoms. The Kier molecular flexibility index (Phi) is 7.31. The van der Waals surface area contributed by atoms with Gasteiger partial charge in [-0.25, -0.2) is 14.6 Å². The quantitative estimate of drug-likeness (QED) is 0.259. The van der Waals surface area contributed by atoms with Gasteiger partial charge >= 0.3 is 12.0 Å². The SMILES string of the molecule is CC(OC(=O)c1ccc(CNC(N)=O)cc1)C(=O)Nc1nc(-c2cccc([N+](=O)[O-])c2)cs1. The van der Waals surface area contributed by atoms with Crippen molar-refractivity contribution in [1.82, 2.24) is 10.3 Å². The van der Waals surface area contributed by atoms with Crippen molar-refractivity contribution < 1.29 is 24.0 Å². The van der Waals surface area contributed by atoms with Gasteiger partial charge in [0.15, 0.2) is 11.2 Å². The summed E-state index contributed by atoms with van der Waals surface area (Å²) in [7, 11) is 0. The first-order valence-electron chi connectivity index (χ1n) is 9.57. The molecule has 0 saturated carbocycles. The van der Waals surface area contributed by atoms with Crippen LogP contribution >= 0.6 is 11.3 Å². The maximum Gasteiger partial charge on any atom is 0.338 e. The van der Waals surface area contributed by atoms with E-state index in [9.17, 15) is 24.5 Å². The van der Waals surface area contributed by atoms with Gasteiger partial charge in [-0.15, -0.1) is 11.3 Å². The Balaban J connectivity index is 1.57. The van der Waals surface area contributed by atoms with Crippen molar-refractivity contribution in [3.63, 3.8) is 0 Å². The van der Waals surface area contributed by atoms with Crippen molar-refractivity contribution in [3.05, 3.63) is 75.2 Å². The van der Waals surface area contributed by atoms with Crippen molar-refractivity contribution in [2.45, 2.75) is 19.6 Å². The van der Waals surface area contributed by atoms with Crippen LogP contribution in [0.2, 0.25) is 0 Å². The average Bonchev–Trinajstić information content (AvgIpc) is 3.26. The van der Waals surface area contributed by atoms with Crippen LogP contribution in [0.4, 0.5) is 15.6 Å². The molecule has 1 aromatic heterocycles. The average molecular weight is 469 g/mol. The van der Waals surface area contributed by atoms with Gasteiger partial charge in [0.25, 0.3) is 11.6 Å². The number of esters is 1. The second kappa shape index (κ2) is 10.3. The molecule has 0 aliphatic rings. The topological polar surface area (TPSA) is 167 Å². The van der Waals surface area contributed by atoms with Crippen molar-refractivity contribution in [2.75, 3.05) is 5.32 Å². The minimum Gasteiger partial charge on any atom is -0.449 e. The molecular formula is C21H19N5O6S. The number of carbonyl (C=O) groups excluding carboxylic acids is 3. The molecule has 170 valence electrons. The van der Waals surface area contributed by atoms with E-state index >= 15 is 0 Å². The number of anilines is 1. The van der Waals surface area contributed by atoms with Crippen LogP contribution in [0.5, 0.6) is 0 Å². The summed E-state index contributed by atoms with van der Waals surface area (Å²) in [6, 6.07) is 11.6. The van der Waals surface area contributed by atoms with E-state index < -0.39 is 28.9 Å². The van der Waals surface area contributed by atoms with Gasteiger partial charge in [-0.2, -0.15) is 0 Å². The number of nitro groups is 1. The number of carbonyl (C=O) groups is 3. The number of nitrogens with one attached hydrogen (secondary N) is 2. The summed E-state index contributed by atoms with van der Waals surface area (Å²) in [5.74, 6) is -1.27. The van der Waals surface area contributed by atoms with Crippen LogP contribution in [-0.4, -0.2) is 33.9 Å². The van der Waals surface area contributed by atoms with Crippen LogP contribution in [-0.2, 0) is 16.1 Å². The highest BCUT2D eigenvalue weighted by molar-refractivity contribution is 7.14. The van der Waals surface area contributed by atoms with Gasteiger partial charge in [-0.05, 0) is 24.6 Å². The van der Waals surface area contributed by atoms with Crippen molar-refractivity contribution in [2.24, 2.45) is 5.73 Å². The first-order chi connectivity index (χ1) is 15.7. The highest BCUT2D eigenvalue weighted by atomic mass is 32.1. The number of hydrogen-bond acceptors (Lipinski definition) is 8. The summed E-state index contributed by atoms with van der Waals surface area (Å²) in [4.78, 5) is 50.2. The lowest BCUT2D eigenvalue weighted by atomic mass is 10.1. The number of primary amides is 1. The number of urea groups is 1. The van der Waals surface area contributed by atoms with Crippen molar-refractivity contribution in [3.8, 4) is 11.3 Å². The van der Waals surface area contributed by atoms with Gasteiger partial charge in [0, 0.05) is 29.6 Å². The Morgan fingerprint density at radius 3 is 2.61 bits per heavy atom. The normalized spacial score (nSPS) is 11.3. The monoisotopic (exact) mass is 469 g/mol. The van der Waals surface area contributed by atoms with Crippen molar-refractivity contribution in [1.29, 1.82) is 0 Å². The fraction of sp³-hybridized carbons (Fsp3) is 0.143. The number of hydrogen-bond donors (Lipinski definition) is 3. The van der Waals surface area contributed by atoms with E-state index in [4.69, 9.17) is 10.5 Å². The molecule has 0 radical (unpaired) electrons. The smallest absolute Gasteiger partial charge is 0.338 e. The number of ether oxygens (including phenoxy) is 1. The first kappa shape index (κ1) is 23.3. The summed E-state index contributed by atoms with van der Waals surface area (Å²) in [6.45, 7) is 1.64. The zero-order valence-corrected chi connectivity index (χ0v) is 18.1. The molecule has 0 saturated heterocycles. The largest absolute Gasteiger partial charge is 0.449 e. The molecule has 0 aliphatic carbocycles. The van der Waals surface area contributed by atoms with Gasteiger partial charge in [-0.1, -0.05) is 24.3 Å². The van der Waals surface area contributed by atoms with Gasteiger partial charge < -0.3 is 15.8 Å². The molecule has 11 nitrogen and oxygen atoms in total. The third-order valence-electron chi connectivity index (χ3n) is 4.40. The number of nitro benzene ring substituents is 1. The highest BCUT2D eigenvalue weighted by Gasteiger charge is 2.20. The van der Waals surface area contributed by atoms with E-state index in [1.165, 1.54) is 31.2 Å². The molecule has 0 bridgehead atoms. The number of thiazole rings is 1. The molecule has 33 heavy (non-hydrogen) atoms. The second-order valence-corrected chi connectivity index (χ2v) is 7.65. The molecule has 3 rings (SSSR count). The predicted octanol–water partition coefficient (Wildman–Crippen LogP) is 3.07. The predicted molar refractivity (Wildman–Crippen MR) is 121 cm³/mol. The van der Waals surface area contributed by atoms with Crippen LogP contribution in [0.15, 0.2) is 53.9 Å². The maximum atomic E-state index is 12.4. The third kappa shape index (κ3) is 6.33. The van der Waals surface area contributed by atoms with Crippen molar-refractivity contribution >= 4 is 40.1 Å². The molecule has 0 fully saturated rings. The number of aromatic nitrogens is 1. The molecule has 4 N–H and O–H groups in total. The molecule has 0 aliphatic heterocycles. The van der Waals surface area contributed by atoms with Gasteiger partial charge in [0.05, 0.1) is 16.2 Å². The third-order valence-corrected chi connectivity index (χ3v) is 5.15. The van der Waals surface area contributed by atoms with E-state index in [2.05, 4.69) is 15.6 Å². The standard InChI is InChI=1S/C21H19N5O6S/c1-12(32-19(28)14-7-5-13(6-8-14)10-23-20(22)29)18(27)25-21-24-17(11-33-21)15-3-2-4-16(9-15)26(30)31/h2-9,11-12H,10H2,1H3,(H3,22,23,29)(H,24,25,27). The number of amides is 3. The lowest BCUT2D eigenvalue weighted by molar-refractivity contribution is -0.384. The fourth-order valence-corrected chi connectivity index (χ4v) is 3.40. The van der Waals surface area contributed by atoms with Gasteiger partial charge in [0.2, 0.25) is 0 Å². The molecule has 0 spiro atoms. The van der Waals surface area contributed by atoms with E-state index in [1.807, 2.05) is 0 Å². The van der Waals surface area contributed by atoms with Crippen LogP contribution in [0.25, 0.3) is 11.3 Å². The van der Waals surface area contributed by atoms with Crippen LogP contribution in [0, 0.1) is 10.1 Å². The lowest BCUT2D eigenvalue weighted by Gasteiger charge is -2.12. The Hall–Kier alpha value is -4.32. The molecule has 3 aromatic rings. The Bertz CT molecular complexity index is 1190. The van der Waals surface area contributed by atoms with Gasteiger partial charge in [-0.3, -0.25) is 20.2 Å². The van der Waals surface area contributed by atoms with E-state index in [0.717, 1.165) is 16.9 Å². The fourth-order valence-electron chi connectivity index (χ4n) is 2.68. The summed E-state index contributed by atoms with van der Waals surface area (Å²) in [5, 5.41) is 17.9. The molecule has 3 amide bonds. The van der Waals surface area contributed by atoms with Crippen LogP contribution < -0.4 is 16.4 Å². The van der Waals surface area contributed by atoms with Crippen LogP contribution in [0.1, 0.15) is 22.8 Å². The molecule has 1 heterocycles. The number of rotatable bonds is 8. The van der Waals surface area contributed by atoms with E-state index in [1.54, 1.807) is 29.6 Å². The summed E-state index contributed by atoms with van der Waals surface area (Å²) < 4.78 is 5.20. The maximum absolute atomic E-state index is 12.4. The zero-order chi connectivity index (χ0) is 24.0. The first-order valence-corrected chi connectivity index (χ1v) is 10.5. The van der Waals surface area contributed by atoms with Gasteiger partial charge in [0.1, 0.15) is 0 Å². The Morgan fingerprint density at radius 2 is 1.94 bits per heavy atom. The molecule has 1 atom stereocenters. The van der Waals surface area contributed by atoms with Crippen LogP contribution in [0.3, 0.4) is 0 Å². The van der Waals surface area contributed by atoms with E-state index in [-0.39, 0.29) is 22.9 Å². The summed E-state index contributed by atoms with van der Waals surface area (Å²) in [6.07, 6.45) is -1.10.